The van der Waals surface area contributed by atoms with E-state index in [4.69, 9.17) is 4.74 Å². The number of nitrogens with one attached hydrogen (secondary N) is 3. The van der Waals surface area contributed by atoms with Crippen LogP contribution >= 0.6 is 0 Å². The highest BCUT2D eigenvalue weighted by Gasteiger charge is 2.25. The van der Waals surface area contributed by atoms with Crippen LogP contribution in [0.2, 0.25) is 0 Å². The summed E-state index contributed by atoms with van der Waals surface area (Å²) in [5.41, 5.74) is 6.11. The third-order valence-electron chi connectivity index (χ3n) is 6.07. The zero-order chi connectivity index (χ0) is 19.5. The number of rotatable bonds is 5. The molecule has 0 atom stereocenters. The second kappa shape index (κ2) is 8.33. The molecule has 5 heteroatoms. The molecule has 5 nitrogen and oxygen atoms in total. The van der Waals surface area contributed by atoms with Crippen molar-refractivity contribution >= 4 is 11.6 Å². The van der Waals surface area contributed by atoms with Gasteiger partial charge in [-0.15, -0.1) is 0 Å². The molecule has 4 rings (SSSR count). The van der Waals surface area contributed by atoms with Crippen molar-refractivity contribution in [1.82, 2.24) is 0 Å². The van der Waals surface area contributed by atoms with Crippen LogP contribution in [0, 0.1) is 13.8 Å². The first-order valence-electron chi connectivity index (χ1n) is 10.4. The molecular formula is C23H31N3O2+2. The van der Waals surface area contributed by atoms with Gasteiger partial charge in [0.05, 0.1) is 6.61 Å². The van der Waals surface area contributed by atoms with Gasteiger partial charge in [0.1, 0.15) is 38.5 Å². The highest BCUT2D eigenvalue weighted by atomic mass is 16.5. The SMILES string of the molecule is Cc1ccc(NC(=O)C[NH+]2CC[NH+](Cc3ccc4c(c3)CCO4)CC2)cc1C. The van der Waals surface area contributed by atoms with E-state index in [1.165, 1.54) is 27.2 Å². The highest BCUT2D eigenvalue weighted by molar-refractivity contribution is 5.91. The van der Waals surface area contributed by atoms with Crippen molar-refractivity contribution in [3.8, 4) is 5.75 Å². The first-order valence-corrected chi connectivity index (χ1v) is 10.4. The van der Waals surface area contributed by atoms with Crippen LogP contribution in [0.1, 0.15) is 22.3 Å². The van der Waals surface area contributed by atoms with Gasteiger partial charge in [0.2, 0.25) is 0 Å². The third-order valence-corrected chi connectivity index (χ3v) is 6.07. The number of carbonyl (C=O) groups is 1. The van der Waals surface area contributed by atoms with Gasteiger partial charge in [0.25, 0.3) is 5.91 Å². The molecule has 3 N–H and O–H groups in total. The second-order valence-corrected chi connectivity index (χ2v) is 8.24. The molecule has 0 spiro atoms. The normalized spacial score (nSPS) is 21.1. The number of piperazine rings is 1. The van der Waals surface area contributed by atoms with Gasteiger partial charge in [-0.05, 0) is 60.9 Å². The summed E-state index contributed by atoms with van der Waals surface area (Å²) in [4.78, 5) is 15.4. The summed E-state index contributed by atoms with van der Waals surface area (Å²) in [6, 6.07) is 12.7. The van der Waals surface area contributed by atoms with Gasteiger partial charge < -0.3 is 19.9 Å². The smallest absolute Gasteiger partial charge is 0.279 e. The lowest BCUT2D eigenvalue weighted by atomic mass is 10.1. The van der Waals surface area contributed by atoms with E-state index >= 15 is 0 Å². The lowest BCUT2D eigenvalue weighted by Crippen LogP contribution is -3.28. The fraction of sp³-hybridized carbons (Fsp3) is 0.435. The lowest BCUT2D eigenvalue weighted by molar-refractivity contribution is -1.02. The minimum absolute atomic E-state index is 0.111. The Balaban J connectivity index is 1.23. The van der Waals surface area contributed by atoms with Crippen molar-refractivity contribution < 1.29 is 19.3 Å². The first kappa shape index (κ1) is 19.0. The molecule has 0 aromatic heterocycles. The van der Waals surface area contributed by atoms with E-state index < -0.39 is 0 Å². The zero-order valence-corrected chi connectivity index (χ0v) is 16.9. The highest BCUT2D eigenvalue weighted by Crippen LogP contribution is 2.25. The Morgan fingerprint density at radius 1 is 1.00 bits per heavy atom. The van der Waals surface area contributed by atoms with Crippen molar-refractivity contribution in [2.24, 2.45) is 0 Å². The molecule has 2 aliphatic heterocycles. The molecule has 0 saturated carbocycles. The van der Waals surface area contributed by atoms with Crippen LogP contribution in [-0.4, -0.2) is 45.2 Å². The molecule has 28 heavy (non-hydrogen) atoms. The fourth-order valence-corrected chi connectivity index (χ4v) is 4.20. The number of anilines is 1. The third kappa shape index (κ3) is 4.54. The molecule has 1 fully saturated rings. The standard InChI is InChI=1S/C23H29N3O2/c1-17-3-5-21(13-18(17)2)24-23(27)16-26-10-8-25(9-11-26)15-19-4-6-22-20(14-19)7-12-28-22/h3-6,13-14H,7-12,15-16H2,1-2H3,(H,24,27)/p+2. The van der Waals surface area contributed by atoms with Gasteiger partial charge in [0.15, 0.2) is 6.54 Å². The Labute approximate surface area is 167 Å². The Kier molecular flexibility index (Phi) is 5.64. The van der Waals surface area contributed by atoms with Crippen LogP contribution < -0.4 is 19.9 Å². The van der Waals surface area contributed by atoms with Crippen LogP contribution in [0.4, 0.5) is 5.69 Å². The van der Waals surface area contributed by atoms with Gasteiger partial charge in [-0.2, -0.15) is 0 Å². The van der Waals surface area contributed by atoms with Crippen molar-refractivity contribution in [3.05, 3.63) is 58.7 Å². The van der Waals surface area contributed by atoms with Crippen molar-refractivity contribution in [2.45, 2.75) is 26.8 Å². The Hall–Kier alpha value is -2.37. The zero-order valence-electron chi connectivity index (χ0n) is 16.9. The minimum Gasteiger partial charge on any atom is -0.493 e. The van der Waals surface area contributed by atoms with E-state index in [1.54, 1.807) is 4.90 Å². The number of carbonyl (C=O) groups excluding carboxylic acids is 1. The van der Waals surface area contributed by atoms with E-state index in [9.17, 15) is 4.79 Å². The number of quaternary nitrogens is 2. The number of ether oxygens (including phenoxy) is 1. The molecular weight excluding hydrogens is 350 g/mol. The maximum Gasteiger partial charge on any atom is 0.279 e. The minimum atomic E-state index is 0.111. The summed E-state index contributed by atoms with van der Waals surface area (Å²) in [6.45, 7) is 10.9. The molecule has 148 valence electrons. The largest absolute Gasteiger partial charge is 0.493 e. The van der Waals surface area contributed by atoms with E-state index in [2.05, 4.69) is 43.4 Å². The number of amides is 1. The van der Waals surface area contributed by atoms with Crippen molar-refractivity contribution in [1.29, 1.82) is 0 Å². The first-order chi connectivity index (χ1) is 13.6. The van der Waals surface area contributed by atoms with Crippen LogP contribution in [0.3, 0.4) is 0 Å². The molecule has 0 bridgehead atoms. The molecule has 0 aliphatic carbocycles. The fourth-order valence-electron chi connectivity index (χ4n) is 4.20. The molecule has 2 aromatic carbocycles. The molecule has 2 heterocycles. The van der Waals surface area contributed by atoms with Gasteiger partial charge in [-0.3, -0.25) is 4.79 Å². The van der Waals surface area contributed by atoms with Crippen LogP contribution in [-0.2, 0) is 17.8 Å². The Morgan fingerprint density at radius 3 is 2.57 bits per heavy atom. The van der Waals surface area contributed by atoms with E-state index in [1.807, 2.05) is 12.1 Å². The molecule has 1 amide bonds. The van der Waals surface area contributed by atoms with Crippen molar-refractivity contribution in [3.63, 3.8) is 0 Å². The van der Waals surface area contributed by atoms with Crippen LogP contribution in [0.15, 0.2) is 36.4 Å². The number of hydrogen-bond donors (Lipinski definition) is 3. The maximum atomic E-state index is 12.4. The summed E-state index contributed by atoms with van der Waals surface area (Å²) in [5.74, 6) is 1.17. The number of fused-ring (bicyclic) bond motifs is 1. The van der Waals surface area contributed by atoms with Crippen LogP contribution in [0.25, 0.3) is 0 Å². The molecule has 2 aliphatic rings. The van der Waals surface area contributed by atoms with Gasteiger partial charge in [-0.25, -0.2) is 0 Å². The average molecular weight is 382 g/mol. The van der Waals surface area contributed by atoms with E-state index in [0.29, 0.717) is 6.54 Å². The quantitative estimate of drug-likeness (QED) is 0.691. The number of hydrogen-bond acceptors (Lipinski definition) is 2. The number of aryl methyl sites for hydroxylation is 2. The second-order valence-electron chi connectivity index (χ2n) is 8.24. The van der Waals surface area contributed by atoms with Gasteiger partial charge in [-0.1, -0.05) is 6.07 Å². The summed E-state index contributed by atoms with van der Waals surface area (Å²) >= 11 is 0. The summed E-state index contributed by atoms with van der Waals surface area (Å²) in [6.07, 6.45) is 1.03. The van der Waals surface area contributed by atoms with E-state index in [0.717, 1.165) is 57.2 Å². The molecule has 0 unspecified atom stereocenters. The average Bonchev–Trinajstić information content (AvgIpc) is 3.14. The Morgan fingerprint density at radius 2 is 1.79 bits per heavy atom. The van der Waals surface area contributed by atoms with E-state index in [-0.39, 0.29) is 5.91 Å². The maximum absolute atomic E-state index is 12.4. The monoisotopic (exact) mass is 381 g/mol. The molecule has 1 saturated heterocycles. The van der Waals surface area contributed by atoms with Gasteiger partial charge >= 0.3 is 0 Å². The Bertz CT molecular complexity index is 857. The topological polar surface area (TPSA) is 47.2 Å². The molecule has 2 aromatic rings. The number of benzene rings is 2. The predicted octanol–water partition coefficient (Wildman–Crippen LogP) is 0.160. The summed E-state index contributed by atoms with van der Waals surface area (Å²) in [5, 5.41) is 3.05. The lowest BCUT2D eigenvalue weighted by Gasteiger charge is -2.29. The summed E-state index contributed by atoms with van der Waals surface area (Å²) < 4.78 is 5.60. The summed E-state index contributed by atoms with van der Waals surface area (Å²) in [7, 11) is 0. The van der Waals surface area contributed by atoms with Crippen molar-refractivity contribution in [2.75, 3.05) is 44.6 Å². The van der Waals surface area contributed by atoms with Gasteiger partial charge in [0, 0.05) is 17.7 Å². The molecule has 0 radical (unpaired) electrons. The predicted molar refractivity (Wildman–Crippen MR) is 110 cm³/mol. The van der Waals surface area contributed by atoms with Crippen LogP contribution in [0.5, 0.6) is 5.75 Å².